The van der Waals surface area contributed by atoms with E-state index in [0.29, 0.717) is 50.0 Å². The van der Waals surface area contributed by atoms with E-state index in [-0.39, 0.29) is 16.7 Å². The highest BCUT2D eigenvalue weighted by Crippen LogP contribution is 2.45. The van der Waals surface area contributed by atoms with Gasteiger partial charge in [0, 0.05) is 45.1 Å². The molecule has 3 heterocycles. The van der Waals surface area contributed by atoms with E-state index in [9.17, 15) is 13.2 Å². The number of hydrogen-bond donors (Lipinski definition) is 1. The predicted octanol–water partition coefficient (Wildman–Crippen LogP) is 0.932. The molecule has 2 fully saturated rings. The zero-order valence-electron chi connectivity index (χ0n) is 16.8. The first kappa shape index (κ1) is 19.8. The number of sulfonamides is 1. The molecule has 2 aromatic rings. The minimum absolute atomic E-state index is 0.0202. The molecule has 1 N–H and O–H groups in total. The summed E-state index contributed by atoms with van der Waals surface area (Å²) in [6.45, 7) is 5.04. The van der Waals surface area contributed by atoms with E-state index >= 15 is 0 Å². The van der Waals surface area contributed by atoms with Crippen molar-refractivity contribution in [3.05, 3.63) is 35.9 Å². The number of carbonyl (C=O) groups excluding carboxylic acids is 1. The number of carbonyl (C=O) groups is 1. The molecule has 2 aliphatic rings. The topological polar surface area (TPSA) is 108 Å². The highest BCUT2D eigenvalue weighted by molar-refractivity contribution is 7.89. The van der Waals surface area contributed by atoms with Gasteiger partial charge < -0.3 is 9.64 Å². The Labute approximate surface area is 170 Å². The van der Waals surface area contributed by atoms with Crippen LogP contribution in [0, 0.1) is 12.8 Å². The van der Waals surface area contributed by atoms with Gasteiger partial charge in [0.25, 0.3) is 0 Å². The molecule has 2 aliphatic heterocycles. The van der Waals surface area contributed by atoms with Crippen LogP contribution in [-0.2, 0) is 20.2 Å². The third-order valence-electron chi connectivity index (χ3n) is 6.09. The van der Waals surface area contributed by atoms with E-state index < -0.39 is 15.4 Å². The maximum atomic E-state index is 13.3. The second-order valence-corrected chi connectivity index (χ2v) is 9.73. The van der Waals surface area contributed by atoms with Gasteiger partial charge in [0.15, 0.2) is 5.82 Å². The standard InChI is InChI=1S/C19H25N5O4S/c1-13-20-18(22-21-13)19-7-8-24(11-15(19)10-23(12-19)14(2)25)29(26,27)17-6-4-5-16(9-17)28-3/h4-6,9,15H,7-8,10-12H2,1-3H3,(H,20,21,22)/t15-,19+/m0/s1. The Morgan fingerprint density at radius 1 is 1.34 bits per heavy atom. The van der Waals surface area contributed by atoms with Crippen molar-refractivity contribution in [1.82, 2.24) is 24.4 Å². The first-order valence-electron chi connectivity index (χ1n) is 9.55. The summed E-state index contributed by atoms with van der Waals surface area (Å²) in [7, 11) is -2.16. The number of nitrogens with one attached hydrogen (secondary N) is 1. The third kappa shape index (κ3) is 3.29. The number of methoxy groups -OCH3 is 1. The number of benzene rings is 1. The van der Waals surface area contributed by atoms with Crippen LogP contribution in [0.3, 0.4) is 0 Å². The van der Waals surface area contributed by atoms with Crippen molar-refractivity contribution < 1.29 is 17.9 Å². The number of ether oxygens (including phenoxy) is 1. The van der Waals surface area contributed by atoms with Crippen LogP contribution in [-0.4, -0.2) is 72.0 Å². The minimum Gasteiger partial charge on any atom is -0.497 e. The van der Waals surface area contributed by atoms with Crippen molar-refractivity contribution in [3.8, 4) is 5.75 Å². The molecule has 0 radical (unpaired) electrons. The van der Waals surface area contributed by atoms with Gasteiger partial charge in [-0.1, -0.05) is 6.07 Å². The number of likely N-dealkylation sites (tertiary alicyclic amines) is 1. The Kier molecular flexibility index (Phi) is 4.86. The van der Waals surface area contributed by atoms with Crippen molar-refractivity contribution in [2.75, 3.05) is 33.3 Å². The zero-order chi connectivity index (χ0) is 20.8. The lowest BCUT2D eigenvalue weighted by Crippen LogP contribution is -2.51. The molecule has 1 amide bonds. The fraction of sp³-hybridized carbons (Fsp3) is 0.526. The van der Waals surface area contributed by atoms with Crippen LogP contribution in [0.4, 0.5) is 0 Å². The van der Waals surface area contributed by atoms with Crippen molar-refractivity contribution in [3.63, 3.8) is 0 Å². The smallest absolute Gasteiger partial charge is 0.243 e. The largest absolute Gasteiger partial charge is 0.497 e. The van der Waals surface area contributed by atoms with Gasteiger partial charge in [-0.3, -0.25) is 9.89 Å². The summed E-state index contributed by atoms with van der Waals surface area (Å²) >= 11 is 0. The first-order valence-corrected chi connectivity index (χ1v) is 11.0. The summed E-state index contributed by atoms with van der Waals surface area (Å²) in [6.07, 6.45) is 0.557. The molecular formula is C19H25N5O4S. The number of fused-ring (bicyclic) bond motifs is 1. The molecule has 0 spiro atoms. The maximum absolute atomic E-state index is 13.3. The second-order valence-electron chi connectivity index (χ2n) is 7.79. The maximum Gasteiger partial charge on any atom is 0.243 e. The van der Waals surface area contributed by atoms with E-state index in [0.717, 1.165) is 0 Å². The number of H-pyrrole nitrogens is 1. The third-order valence-corrected chi connectivity index (χ3v) is 7.95. The van der Waals surface area contributed by atoms with Crippen LogP contribution >= 0.6 is 0 Å². The molecule has 4 rings (SSSR count). The quantitative estimate of drug-likeness (QED) is 0.790. The number of aromatic amines is 1. The van der Waals surface area contributed by atoms with Crippen LogP contribution in [0.15, 0.2) is 29.2 Å². The van der Waals surface area contributed by atoms with Crippen molar-refractivity contribution in [1.29, 1.82) is 0 Å². The predicted molar refractivity (Wildman–Crippen MR) is 105 cm³/mol. The van der Waals surface area contributed by atoms with Crippen LogP contribution in [0.1, 0.15) is 25.0 Å². The first-order chi connectivity index (χ1) is 13.8. The SMILES string of the molecule is COc1cccc(S(=O)(=O)N2CC[C@@]3(c4n[nH]c(C)n4)CN(C(C)=O)C[C@H]3C2)c1. The minimum atomic E-state index is -3.67. The van der Waals surface area contributed by atoms with Gasteiger partial charge in [-0.2, -0.15) is 9.40 Å². The second kappa shape index (κ2) is 7.10. The molecule has 0 unspecified atom stereocenters. The monoisotopic (exact) mass is 419 g/mol. The Morgan fingerprint density at radius 2 is 2.14 bits per heavy atom. The van der Waals surface area contributed by atoms with Gasteiger partial charge >= 0.3 is 0 Å². The Morgan fingerprint density at radius 3 is 2.79 bits per heavy atom. The highest BCUT2D eigenvalue weighted by atomic mass is 32.2. The Bertz CT molecular complexity index is 1040. The lowest BCUT2D eigenvalue weighted by molar-refractivity contribution is -0.128. The molecule has 1 aromatic carbocycles. The van der Waals surface area contributed by atoms with E-state index in [4.69, 9.17) is 4.74 Å². The van der Waals surface area contributed by atoms with E-state index in [2.05, 4.69) is 15.2 Å². The molecule has 1 aromatic heterocycles. The molecule has 29 heavy (non-hydrogen) atoms. The molecule has 0 bridgehead atoms. The number of aryl methyl sites for hydroxylation is 1. The van der Waals surface area contributed by atoms with Gasteiger partial charge in [0.05, 0.1) is 17.4 Å². The van der Waals surface area contributed by atoms with E-state index in [1.54, 1.807) is 30.0 Å². The fourth-order valence-corrected chi connectivity index (χ4v) is 5.97. The molecule has 0 aliphatic carbocycles. The van der Waals surface area contributed by atoms with Crippen molar-refractivity contribution in [2.24, 2.45) is 5.92 Å². The average Bonchev–Trinajstić information content (AvgIpc) is 3.32. The molecule has 2 atom stereocenters. The number of amides is 1. The van der Waals surface area contributed by atoms with Gasteiger partial charge in [0.1, 0.15) is 11.6 Å². The summed E-state index contributed by atoms with van der Waals surface area (Å²) in [5.74, 6) is 1.78. The molecule has 9 nitrogen and oxygen atoms in total. The molecular weight excluding hydrogens is 394 g/mol. The molecule has 0 saturated carbocycles. The van der Waals surface area contributed by atoms with Crippen LogP contribution < -0.4 is 4.74 Å². The number of piperidine rings is 1. The Balaban J connectivity index is 1.66. The van der Waals surface area contributed by atoms with E-state index in [1.165, 1.54) is 17.5 Å². The summed E-state index contributed by atoms with van der Waals surface area (Å²) in [4.78, 5) is 18.6. The van der Waals surface area contributed by atoms with Gasteiger partial charge in [0.2, 0.25) is 15.9 Å². The summed E-state index contributed by atoms with van der Waals surface area (Å²) in [5.41, 5.74) is -0.434. The lowest BCUT2D eigenvalue weighted by Gasteiger charge is -2.40. The van der Waals surface area contributed by atoms with Crippen LogP contribution in [0.5, 0.6) is 5.75 Å². The zero-order valence-corrected chi connectivity index (χ0v) is 17.6. The van der Waals surface area contributed by atoms with Gasteiger partial charge in [-0.15, -0.1) is 0 Å². The number of nitrogens with zero attached hydrogens (tertiary/aromatic N) is 4. The number of hydrogen-bond acceptors (Lipinski definition) is 6. The normalized spacial score (nSPS) is 25.1. The summed E-state index contributed by atoms with van der Waals surface area (Å²) in [5, 5.41) is 7.26. The average molecular weight is 420 g/mol. The summed E-state index contributed by atoms with van der Waals surface area (Å²) < 4.78 is 33.2. The molecule has 2 saturated heterocycles. The van der Waals surface area contributed by atoms with Crippen molar-refractivity contribution >= 4 is 15.9 Å². The molecule has 10 heteroatoms. The van der Waals surface area contributed by atoms with Gasteiger partial charge in [-0.25, -0.2) is 13.4 Å². The highest BCUT2D eigenvalue weighted by Gasteiger charge is 2.55. The lowest BCUT2D eigenvalue weighted by atomic mass is 9.72. The Hall–Kier alpha value is -2.46. The van der Waals surface area contributed by atoms with Crippen LogP contribution in [0.25, 0.3) is 0 Å². The molecule has 156 valence electrons. The van der Waals surface area contributed by atoms with Crippen LogP contribution in [0.2, 0.25) is 0 Å². The van der Waals surface area contributed by atoms with E-state index in [1.807, 2.05) is 6.92 Å². The fourth-order valence-electron chi connectivity index (χ4n) is 4.45. The van der Waals surface area contributed by atoms with Gasteiger partial charge in [-0.05, 0) is 25.5 Å². The van der Waals surface area contributed by atoms with Crippen molar-refractivity contribution in [2.45, 2.75) is 30.6 Å². The summed E-state index contributed by atoms with van der Waals surface area (Å²) in [6, 6.07) is 6.50. The number of aromatic nitrogens is 3. The number of rotatable bonds is 4.